The Morgan fingerprint density at radius 1 is 0.586 bits per heavy atom. The van der Waals surface area contributed by atoms with Gasteiger partial charge in [-0.1, -0.05) is 63.0 Å². The quantitative estimate of drug-likeness (QED) is 0.335. The molecular weight excluding hydrogens is 399 g/mol. The molecule has 2 nitrogen and oxygen atoms in total. The van der Waals surface area contributed by atoms with E-state index in [0.29, 0.717) is 0 Å². The molecule has 0 saturated heterocycles. The van der Waals surface area contributed by atoms with Gasteiger partial charge in [0.1, 0.15) is 0 Å². The monoisotopic (exact) mass is 434 g/mol. The van der Waals surface area contributed by atoms with Crippen LogP contribution in [0, 0.1) is 0 Å². The van der Waals surface area contributed by atoms with E-state index in [0.717, 1.165) is 79.5 Å². The maximum atomic E-state index is 6.66. The van der Waals surface area contributed by atoms with Crippen molar-refractivity contribution in [2.45, 2.75) is 59.8 Å². The standard InChI is InChI=1S/C25H36Cl2N2/c1-5-13-28(14-6-2)22-11-9-20(24(26)18-22)17-21-10-12-23(19-25(21)27)29(15-7-3)16-8-4/h9-12,18-19H,5-8,13-17H2,1-4H3. The maximum Gasteiger partial charge on any atom is 0.0461 e. The fourth-order valence-corrected chi connectivity index (χ4v) is 4.26. The first-order chi connectivity index (χ1) is 14.0. The van der Waals surface area contributed by atoms with Gasteiger partial charge in [0.25, 0.3) is 0 Å². The molecular formula is C25H36Cl2N2. The number of hydrogen-bond acceptors (Lipinski definition) is 2. The topological polar surface area (TPSA) is 6.48 Å². The number of benzene rings is 2. The molecule has 2 aromatic rings. The summed E-state index contributed by atoms with van der Waals surface area (Å²) in [6, 6.07) is 12.9. The van der Waals surface area contributed by atoms with Gasteiger partial charge in [-0.15, -0.1) is 0 Å². The second-order valence-corrected chi connectivity index (χ2v) is 8.52. The summed E-state index contributed by atoms with van der Waals surface area (Å²) >= 11 is 13.3. The molecule has 0 saturated carbocycles. The van der Waals surface area contributed by atoms with Gasteiger partial charge in [-0.05, 0) is 61.1 Å². The molecule has 29 heavy (non-hydrogen) atoms. The third-order valence-electron chi connectivity index (χ3n) is 5.16. The molecule has 2 rings (SSSR count). The lowest BCUT2D eigenvalue weighted by molar-refractivity contribution is 0.744. The lowest BCUT2D eigenvalue weighted by Gasteiger charge is -2.25. The normalized spacial score (nSPS) is 11.0. The molecule has 0 unspecified atom stereocenters. The lowest BCUT2D eigenvalue weighted by atomic mass is 10.0. The molecule has 0 aromatic heterocycles. The van der Waals surface area contributed by atoms with Crippen molar-refractivity contribution in [1.82, 2.24) is 0 Å². The highest BCUT2D eigenvalue weighted by Crippen LogP contribution is 2.30. The summed E-state index contributed by atoms with van der Waals surface area (Å²) in [4.78, 5) is 4.82. The van der Waals surface area contributed by atoms with Crippen LogP contribution in [0.25, 0.3) is 0 Å². The minimum Gasteiger partial charge on any atom is -0.372 e. The predicted octanol–water partition coefficient (Wildman–Crippen LogP) is 7.84. The van der Waals surface area contributed by atoms with E-state index in [9.17, 15) is 0 Å². The van der Waals surface area contributed by atoms with Crippen molar-refractivity contribution < 1.29 is 0 Å². The smallest absolute Gasteiger partial charge is 0.0461 e. The molecule has 0 bridgehead atoms. The Bertz CT molecular complexity index is 685. The first kappa shape index (κ1) is 23.9. The van der Waals surface area contributed by atoms with Gasteiger partial charge in [0, 0.05) is 54.0 Å². The van der Waals surface area contributed by atoms with Crippen LogP contribution < -0.4 is 9.80 Å². The summed E-state index contributed by atoms with van der Waals surface area (Å²) in [7, 11) is 0. The Morgan fingerprint density at radius 3 is 1.21 bits per heavy atom. The van der Waals surface area contributed by atoms with Gasteiger partial charge < -0.3 is 9.80 Å². The zero-order chi connectivity index (χ0) is 21.2. The van der Waals surface area contributed by atoms with E-state index >= 15 is 0 Å². The third-order valence-corrected chi connectivity index (χ3v) is 5.86. The van der Waals surface area contributed by atoms with Crippen LogP contribution in [0.15, 0.2) is 36.4 Å². The summed E-state index contributed by atoms with van der Waals surface area (Å²) in [6.07, 6.45) is 5.28. The van der Waals surface area contributed by atoms with Crippen LogP contribution in [-0.4, -0.2) is 26.2 Å². The molecule has 0 aliphatic heterocycles. The molecule has 2 aromatic carbocycles. The molecule has 4 heteroatoms. The minimum atomic E-state index is 0.751. The molecule has 0 radical (unpaired) electrons. The first-order valence-corrected chi connectivity index (χ1v) is 11.9. The van der Waals surface area contributed by atoms with Crippen LogP contribution in [0.3, 0.4) is 0 Å². The van der Waals surface area contributed by atoms with Crippen molar-refractivity contribution in [2.24, 2.45) is 0 Å². The van der Waals surface area contributed by atoms with Crippen LogP contribution in [0.5, 0.6) is 0 Å². The van der Waals surface area contributed by atoms with Gasteiger partial charge in [-0.2, -0.15) is 0 Å². The molecule has 0 N–H and O–H groups in total. The van der Waals surface area contributed by atoms with Crippen molar-refractivity contribution in [2.75, 3.05) is 36.0 Å². The van der Waals surface area contributed by atoms with E-state index in [4.69, 9.17) is 23.2 Å². The minimum absolute atomic E-state index is 0.751. The van der Waals surface area contributed by atoms with Crippen molar-refractivity contribution in [3.8, 4) is 0 Å². The molecule has 0 heterocycles. The van der Waals surface area contributed by atoms with Crippen LogP contribution >= 0.6 is 23.2 Å². The lowest BCUT2D eigenvalue weighted by Crippen LogP contribution is -2.24. The first-order valence-electron chi connectivity index (χ1n) is 11.1. The summed E-state index contributed by atoms with van der Waals surface area (Å²) < 4.78 is 0. The molecule has 0 aliphatic carbocycles. The van der Waals surface area contributed by atoms with Gasteiger partial charge in [-0.25, -0.2) is 0 Å². The molecule has 0 fully saturated rings. The Morgan fingerprint density at radius 2 is 0.931 bits per heavy atom. The summed E-state index contributed by atoms with van der Waals surface area (Å²) in [5.74, 6) is 0. The van der Waals surface area contributed by atoms with E-state index in [1.54, 1.807) is 0 Å². The predicted molar refractivity (Wildman–Crippen MR) is 131 cm³/mol. The second kappa shape index (κ2) is 12.3. The molecule has 0 aliphatic rings. The van der Waals surface area contributed by atoms with Crippen molar-refractivity contribution in [3.05, 3.63) is 57.6 Å². The Labute approximate surface area is 187 Å². The number of nitrogens with zero attached hydrogens (tertiary/aromatic N) is 2. The largest absolute Gasteiger partial charge is 0.372 e. The number of hydrogen-bond donors (Lipinski definition) is 0. The van der Waals surface area contributed by atoms with Gasteiger partial charge in [-0.3, -0.25) is 0 Å². The van der Waals surface area contributed by atoms with Gasteiger partial charge in [0.2, 0.25) is 0 Å². The molecule has 0 spiro atoms. The summed E-state index contributed by atoms with van der Waals surface area (Å²) in [5, 5.41) is 1.64. The highest BCUT2D eigenvalue weighted by Gasteiger charge is 2.12. The van der Waals surface area contributed by atoms with E-state index in [1.807, 2.05) is 0 Å². The van der Waals surface area contributed by atoms with Gasteiger partial charge in [0.05, 0.1) is 0 Å². The Balaban J connectivity index is 2.18. The van der Waals surface area contributed by atoms with Gasteiger partial charge in [0.15, 0.2) is 0 Å². The van der Waals surface area contributed by atoms with Crippen LogP contribution in [0.1, 0.15) is 64.5 Å². The number of halogens is 2. The van der Waals surface area contributed by atoms with Crippen molar-refractivity contribution in [3.63, 3.8) is 0 Å². The van der Waals surface area contributed by atoms with Gasteiger partial charge >= 0.3 is 0 Å². The van der Waals surface area contributed by atoms with Crippen LogP contribution in [-0.2, 0) is 6.42 Å². The fraction of sp³-hybridized carbons (Fsp3) is 0.520. The van der Waals surface area contributed by atoms with E-state index < -0.39 is 0 Å². The average molecular weight is 435 g/mol. The highest BCUT2D eigenvalue weighted by molar-refractivity contribution is 6.32. The Hall–Kier alpha value is -1.38. The molecule has 0 amide bonds. The molecule has 0 atom stereocenters. The van der Waals surface area contributed by atoms with Crippen LogP contribution in [0.4, 0.5) is 11.4 Å². The maximum absolute atomic E-state index is 6.66. The highest BCUT2D eigenvalue weighted by atomic mass is 35.5. The zero-order valence-corrected chi connectivity index (χ0v) is 20.0. The second-order valence-electron chi connectivity index (χ2n) is 7.70. The van der Waals surface area contributed by atoms with Crippen molar-refractivity contribution >= 4 is 34.6 Å². The molecule has 160 valence electrons. The van der Waals surface area contributed by atoms with E-state index in [1.165, 1.54) is 11.4 Å². The van der Waals surface area contributed by atoms with E-state index in [2.05, 4.69) is 73.9 Å². The van der Waals surface area contributed by atoms with E-state index in [-0.39, 0.29) is 0 Å². The third kappa shape index (κ3) is 6.83. The average Bonchev–Trinajstić information content (AvgIpc) is 2.70. The van der Waals surface area contributed by atoms with Crippen LogP contribution in [0.2, 0.25) is 10.0 Å². The fourth-order valence-electron chi connectivity index (χ4n) is 3.78. The summed E-state index contributed by atoms with van der Waals surface area (Å²) in [6.45, 7) is 13.1. The SMILES string of the molecule is CCCN(CCC)c1ccc(Cc2ccc(N(CCC)CCC)cc2Cl)c(Cl)c1. The number of rotatable bonds is 12. The summed E-state index contributed by atoms with van der Waals surface area (Å²) in [5.41, 5.74) is 4.66. The number of anilines is 2. The Kier molecular flexibility index (Phi) is 10.2. The zero-order valence-electron chi connectivity index (χ0n) is 18.5. The van der Waals surface area contributed by atoms with Crippen molar-refractivity contribution in [1.29, 1.82) is 0 Å².